The van der Waals surface area contributed by atoms with Crippen LogP contribution in [-0.2, 0) is 27.6 Å². The fourth-order valence-electron chi connectivity index (χ4n) is 1.29. The quantitative estimate of drug-likeness (QED) is 0.794. The van der Waals surface area contributed by atoms with Gasteiger partial charge in [-0.05, 0) is 11.1 Å². The number of halogens is 3. The maximum absolute atomic E-state index is 10.6. The molecule has 1 aromatic rings. The van der Waals surface area contributed by atoms with Crippen LogP contribution in [0.2, 0.25) is 0 Å². The average molecular weight is 277 g/mol. The molecule has 8 heteroatoms. The third-order valence-corrected chi connectivity index (χ3v) is 2.19. The van der Waals surface area contributed by atoms with E-state index in [4.69, 9.17) is 14.7 Å². The zero-order chi connectivity index (χ0) is 14.5. The molecule has 0 saturated carbocycles. The molecule has 2 rings (SSSR count). The van der Waals surface area contributed by atoms with Crippen molar-refractivity contribution in [3.8, 4) is 0 Å². The number of amides is 1. The van der Waals surface area contributed by atoms with Gasteiger partial charge in [-0.25, -0.2) is 9.86 Å². The van der Waals surface area contributed by atoms with E-state index >= 15 is 0 Å². The van der Waals surface area contributed by atoms with E-state index < -0.39 is 12.1 Å². The molecule has 19 heavy (non-hydrogen) atoms. The van der Waals surface area contributed by atoms with Gasteiger partial charge in [0.1, 0.15) is 6.61 Å². The Morgan fingerprint density at radius 2 is 1.84 bits per heavy atom. The Bertz CT molecular complexity index is 461. The molecule has 0 bridgehead atoms. The van der Waals surface area contributed by atoms with Crippen LogP contribution in [0.15, 0.2) is 24.3 Å². The molecule has 0 radical (unpaired) electrons. The predicted octanol–water partition coefficient (Wildman–Crippen LogP) is 1.72. The summed E-state index contributed by atoms with van der Waals surface area (Å²) >= 11 is 0. The van der Waals surface area contributed by atoms with Crippen LogP contribution in [0.25, 0.3) is 0 Å². The SMILES string of the molecule is O=C(O)C(F)(F)F.O=CN1Cc2ccccc2CO1. The highest BCUT2D eigenvalue weighted by Gasteiger charge is 2.38. The molecule has 5 nitrogen and oxygen atoms in total. The van der Waals surface area contributed by atoms with Crippen molar-refractivity contribution in [1.29, 1.82) is 0 Å². The van der Waals surface area contributed by atoms with Crippen molar-refractivity contribution in [3.05, 3.63) is 35.4 Å². The van der Waals surface area contributed by atoms with Gasteiger partial charge in [0.05, 0.1) is 6.54 Å². The standard InChI is InChI=1S/C9H9NO2.C2HF3O2/c11-7-10-5-8-3-1-2-4-9(8)6-12-10;3-2(4,5)1(6)7/h1-4,7H,5-6H2;(H,6,7). The van der Waals surface area contributed by atoms with E-state index in [9.17, 15) is 18.0 Å². The van der Waals surface area contributed by atoms with E-state index in [2.05, 4.69) is 0 Å². The number of carbonyl (C=O) groups is 2. The summed E-state index contributed by atoms with van der Waals surface area (Å²) in [5.41, 5.74) is 2.33. The molecule has 0 aliphatic carbocycles. The van der Waals surface area contributed by atoms with Gasteiger partial charge in [-0.1, -0.05) is 24.3 Å². The first kappa shape index (κ1) is 15.0. The second-order valence-electron chi connectivity index (χ2n) is 3.53. The highest BCUT2D eigenvalue weighted by molar-refractivity contribution is 5.73. The molecule has 104 valence electrons. The van der Waals surface area contributed by atoms with Crippen molar-refractivity contribution in [2.45, 2.75) is 19.3 Å². The molecular weight excluding hydrogens is 267 g/mol. The van der Waals surface area contributed by atoms with Gasteiger partial charge in [-0.15, -0.1) is 0 Å². The summed E-state index contributed by atoms with van der Waals surface area (Å²) in [5.74, 6) is -2.76. The van der Waals surface area contributed by atoms with E-state index in [0.717, 1.165) is 11.1 Å². The third kappa shape index (κ3) is 4.59. The molecule has 0 atom stereocenters. The lowest BCUT2D eigenvalue weighted by molar-refractivity contribution is -0.192. The maximum Gasteiger partial charge on any atom is 0.490 e. The van der Waals surface area contributed by atoms with Crippen LogP contribution < -0.4 is 0 Å². The molecule has 1 amide bonds. The predicted molar refractivity (Wildman–Crippen MR) is 56.5 cm³/mol. The number of carboxylic acid groups (broad SMARTS) is 1. The molecule has 0 unspecified atom stereocenters. The Morgan fingerprint density at radius 1 is 1.32 bits per heavy atom. The number of carboxylic acids is 1. The highest BCUT2D eigenvalue weighted by atomic mass is 19.4. The van der Waals surface area contributed by atoms with Crippen molar-refractivity contribution in [2.75, 3.05) is 0 Å². The summed E-state index contributed by atoms with van der Waals surface area (Å²) in [6, 6.07) is 7.96. The minimum absolute atomic E-state index is 0.495. The van der Waals surface area contributed by atoms with Crippen LogP contribution in [-0.4, -0.2) is 28.7 Å². The summed E-state index contributed by atoms with van der Waals surface area (Å²) in [6.07, 6.45) is -4.38. The monoisotopic (exact) mass is 277 g/mol. The molecule has 1 aliphatic rings. The second-order valence-corrected chi connectivity index (χ2v) is 3.53. The van der Waals surface area contributed by atoms with Crippen LogP contribution in [0.1, 0.15) is 11.1 Å². The van der Waals surface area contributed by atoms with E-state index in [1.54, 1.807) is 0 Å². The minimum Gasteiger partial charge on any atom is -0.475 e. The fraction of sp³-hybridized carbons (Fsp3) is 0.273. The lowest BCUT2D eigenvalue weighted by atomic mass is 10.1. The van der Waals surface area contributed by atoms with Crippen molar-refractivity contribution in [2.24, 2.45) is 0 Å². The Hall–Kier alpha value is -2.09. The van der Waals surface area contributed by atoms with Crippen molar-refractivity contribution in [3.63, 3.8) is 0 Å². The molecular formula is C11H10F3NO4. The Labute approximate surface area is 106 Å². The van der Waals surface area contributed by atoms with E-state index in [-0.39, 0.29) is 0 Å². The first-order valence-electron chi connectivity index (χ1n) is 5.06. The third-order valence-electron chi connectivity index (χ3n) is 2.19. The Balaban J connectivity index is 0.000000224. The van der Waals surface area contributed by atoms with Gasteiger partial charge in [0.25, 0.3) is 0 Å². The Morgan fingerprint density at radius 3 is 2.32 bits per heavy atom. The fourth-order valence-corrected chi connectivity index (χ4v) is 1.29. The van der Waals surface area contributed by atoms with Crippen LogP contribution in [0, 0.1) is 0 Å². The van der Waals surface area contributed by atoms with Crippen molar-refractivity contribution in [1.82, 2.24) is 5.06 Å². The van der Waals surface area contributed by atoms with Crippen LogP contribution in [0.5, 0.6) is 0 Å². The lowest BCUT2D eigenvalue weighted by Gasteiger charge is -2.24. The summed E-state index contributed by atoms with van der Waals surface area (Å²) in [6.45, 7) is 1.05. The van der Waals surface area contributed by atoms with Gasteiger partial charge in [-0.3, -0.25) is 9.63 Å². The summed E-state index contributed by atoms with van der Waals surface area (Å²) in [5, 5.41) is 8.43. The number of aliphatic carboxylic acids is 1. The van der Waals surface area contributed by atoms with Crippen LogP contribution in [0.3, 0.4) is 0 Å². The molecule has 1 aliphatic heterocycles. The molecule has 0 fully saturated rings. The van der Waals surface area contributed by atoms with Gasteiger partial charge in [0, 0.05) is 0 Å². The molecule has 0 spiro atoms. The zero-order valence-corrected chi connectivity index (χ0v) is 9.55. The van der Waals surface area contributed by atoms with Crippen molar-refractivity contribution >= 4 is 12.4 Å². The van der Waals surface area contributed by atoms with Crippen molar-refractivity contribution < 1.29 is 32.7 Å². The second kappa shape index (κ2) is 6.19. The van der Waals surface area contributed by atoms with Gasteiger partial charge in [0.2, 0.25) is 6.41 Å². The summed E-state index contributed by atoms with van der Waals surface area (Å²) in [7, 11) is 0. The summed E-state index contributed by atoms with van der Waals surface area (Å²) in [4.78, 5) is 24.4. The highest BCUT2D eigenvalue weighted by Crippen LogP contribution is 2.17. The van der Waals surface area contributed by atoms with Gasteiger partial charge in [-0.2, -0.15) is 13.2 Å². The van der Waals surface area contributed by atoms with Gasteiger partial charge < -0.3 is 5.11 Å². The molecule has 1 heterocycles. The summed E-state index contributed by atoms with van der Waals surface area (Å²) < 4.78 is 31.7. The number of fused-ring (bicyclic) bond motifs is 1. The molecule has 1 aromatic carbocycles. The van der Waals surface area contributed by atoms with E-state index in [0.29, 0.717) is 19.6 Å². The number of hydroxylamine groups is 2. The molecule has 1 N–H and O–H groups in total. The van der Waals surface area contributed by atoms with Gasteiger partial charge in [0.15, 0.2) is 0 Å². The number of hydrogen-bond donors (Lipinski definition) is 1. The van der Waals surface area contributed by atoms with Crippen LogP contribution >= 0.6 is 0 Å². The first-order chi connectivity index (χ1) is 8.84. The average Bonchev–Trinajstić information content (AvgIpc) is 2.37. The normalized spacial score (nSPS) is 13.9. The molecule has 0 saturated heterocycles. The number of benzene rings is 1. The lowest BCUT2D eigenvalue weighted by Crippen LogP contribution is -2.26. The zero-order valence-electron chi connectivity index (χ0n) is 9.55. The smallest absolute Gasteiger partial charge is 0.475 e. The topological polar surface area (TPSA) is 66.8 Å². The largest absolute Gasteiger partial charge is 0.490 e. The number of nitrogens with zero attached hydrogens (tertiary/aromatic N) is 1. The Kier molecular flexibility index (Phi) is 4.87. The maximum atomic E-state index is 10.6. The van der Waals surface area contributed by atoms with Gasteiger partial charge >= 0.3 is 12.1 Å². The first-order valence-corrected chi connectivity index (χ1v) is 5.06. The van der Waals surface area contributed by atoms with Crippen LogP contribution in [0.4, 0.5) is 13.2 Å². The number of carbonyl (C=O) groups excluding carboxylic acids is 1. The minimum atomic E-state index is -5.08. The number of alkyl halides is 3. The molecule has 0 aromatic heterocycles. The van der Waals surface area contributed by atoms with E-state index in [1.807, 2.05) is 24.3 Å². The number of hydrogen-bond acceptors (Lipinski definition) is 3. The number of rotatable bonds is 1. The van der Waals surface area contributed by atoms with E-state index in [1.165, 1.54) is 5.06 Å².